The molecule has 0 aromatic heterocycles. The van der Waals surface area contributed by atoms with Gasteiger partial charge in [0.1, 0.15) is 18.1 Å². The molecule has 0 heterocycles. The summed E-state index contributed by atoms with van der Waals surface area (Å²) in [6.45, 7) is 4.74. The van der Waals surface area contributed by atoms with Gasteiger partial charge in [0.05, 0.1) is 13.7 Å². The molecule has 0 aliphatic heterocycles. The Bertz CT molecular complexity index is 671. The van der Waals surface area contributed by atoms with Crippen molar-refractivity contribution in [1.29, 1.82) is 0 Å². The van der Waals surface area contributed by atoms with Crippen molar-refractivity contribution in [3.8, 4) is 11.5 Å². The third kappa shape index (κ3) is 5.21. The number of aryl methyl sites for hydroxylation is 2. The summed E-state index contributed by atoms with van der Waals surface area (Å²) in [4.78, 5) is 11.9. The fourth-order valence-corrected chi connectivity index (χ4v) is 2.06. The van der Waals surface area contributed by atoms with Crippen LogP contribution in [0.2, 0.25) is 0 Å². The van der Waals surface area contributed by atoms with E-state index in [1.165, 1.54) is 0 Å². The van der Waals surface area contributed by atoms with E-state index in [9.17, 15) is 4.79 Å². The van der Waals surface area contributed by atoms with Crippen LogP contribution < -0.4 is 20.1 Å². The lowest BCUT2D eigenvalue weighted by molar-refractivity contribution is 0.247. The largest absolute Gasteiger partial charge is 0.497 e. The zero-order valence-corrected chi connectivity index (χ0v) is 13.7. The van der Waals surface area contributed by atoms with Gasteiger partial charge in [-0.15, -0.1) is 0 Å². The zero-order valence-electron chi connectivity index (χ0n) is 13.7. The Morgan fingerprint density at radius 3 is 2.65 bits per heavy atom. The van der Waals surface area contributed by atoms with Crippen LogP contribution >= 0.6 is 0 Å². The minimum Gasteiger partial charge on any atom is -0.497 e. The van der Waals surface area contributed by atoms with Gasteiger partial charge in [0, 0.05) is 11.8 Å². The highest BCUT2D eigenvalue weighted by Gasteiger charge is 2.04. The Kier molecular flexibility index (Phi) is 5.86. The second-order valence-corrected chi connectivity index (χ2v) is 5.23. The molecule has 0 fully saturated rings. The molecule has 2 aromatic carbocycles. The van der Waals surface area contributed by atoms with Crippen molar-refractivity contribution < 1.29 is 14.3 Å². The number of amides is 2. The van der Waals surface area contributed by atoms with E-state index in [0.29, 0.717) is 18.9 Å². The summed E-state index contributed by atoms with van der Waals surface area (Å²) in [6, 6.07) is 13.1. The lowest BCUT2D eigenvalue weighted by Crippen LogP contribution is -2.32. The predicted octanol–water partition coefficient (Wildman–Crippen LogP) is 3.51. The molecule has 2 rings (SSSR count). The van der Waals surface area contributed by atoms with Gasteiger partial charge in [0.15, 0.2) is 0 Å². The number of anilines is 1. The van der Waals surface area contributed by atoms with Gasteiger partial charge in [-0.2, -0.15) is 0 Å². The quantitative estimate of drug-likeness (QED) is 0.802. The molecule has 2 aromatic rings. The molecule has 5 heteroatoms. The summed E-state index contributed by atoms with van der Waals surface area (Å²) in [7, 11) is 1.61. The zero-order chi connectivity index (χ0) is 16.7. The predicted molar refractivity (Wildman–Crippen MR) is 91.4 cm³/mol. The second-order valence-electron chi connectivity index (χ2n) is 5.23. The monoisotopic (exact) mass is 314 g/mol. The fourth-order valence-electron chi connectivity index (χ4n) is 2.06. The molecule has 0 atom stereocenters. The van der Waals surface area contributed by atoms with Gasteiger partial charge >= 0.3 is 6.03 Å². The van der Waals surface area contributed by atoms with Crippen molar-refractivity contribution in [2.75, 3.05) is 25.6 Å². The van der Waals surface area contributed by atoms with E-state index in [1.807, 2.05) is 50.2 Å². The number of urea groups is 1. The maximum atomic E-state index is 11.9. The van der Waals surface area contributed by atoms with Crippen LogP contribution in [-0.4, -0.2) is 26.3 Å². The first-order chi connectivity index (χ1) is 11.1. The van der Waals surface area contributed by atoms with E-state index in [0.717, 1.165) is 22.6 Å². The van der Waals surface area contributed by atoms with Crippen LogP contribution in [0.15, 0.2) is 42.5 Å². The molecule has 0 saturated heterocycles. The molecule has 0 aliphatic rings. The van der Waals surface area contributed by atoms with Crippen LogP contribution in [0, 0.1) is 13.8 Å². The van der Waals surface area contributed by atoms with E-state index in [1.54, 1.807) is 13.2 Å². The Morgan fingerprint density at radius 2 is 1.87 bits per heavy atom. The minimum atomic E-state index is -0.243. The number of rotatable bonds is 6. The molecule has 5 nitrogen and oxygen atoms in total. The Balaban J connectivity index is 1.75. The molecule has 0 aliphatic carbocycles. The molecular formula is C18H22N2O3. The number of nitrogens with one attached hydrogen (secondary N) is 2. The van der Waals surface area contributed by atoms with Crippen molar-refractivity contribution in [3.63, 3.8) is 0 Å². The first-order valence-corrected chi connectivity index (χ1v) is 7.47. The molecule has 2 N–H and O–H groups in total. The molecule has 122 valence electrons. The van der Waals surface area contributed by atoms with Crippen molar-refractivity contribution in [1.82, 2.24) is 5.32 Å². The molecule has 0 spiro atoms. The molecular weight excluding hydrogens is 292 g/mol. The van der Waals surface area contributed by atoms with Gasteiger partial charge in [0.2, 0.25) is 0 Å². The number of carbonyl (C=O) groups excluding carboxylic acids is 1. The van der Waals surface area contributed by atoms with Crippen molar-refractivity contribution in [3.05, 3.63) is 53.6 Å². The number of hydrogen-bond donors (Lipinski definition) is 2. The summed E-state index contributed by atoms with van der Waals surface area (Å²) < 4.78 is 10.7. The molecule has 0 radical (unpaired) electrons. The van der Waals surface area contributed by atoms with Crippen LogP contribution in [0.4, 0.5) is 10.5 Å². The molecule has 0 saturated carbocycles. The Morgan fingerprint density at radius 1 is 1.09 bits per heavy atom. The molecule has 2 amide bonds. The van der Waals surface area contributed by atoms with Gasteiger partial charge in [0.25, 0.3) is 0 Å². The smallest absolute Gasteiger partial charge is 0.319 e. The van der Waals surface area contributed by atoms with E-state index >= 15 is 0 Å². The van der Waals surface area contributed by atoms with Crippen LogP contribution in [-0.2, 0) is 0 Å². The van der Waals surface area contributed by atoms with Gasteiger partial charge in [-0.1, -0.05) is 18.2 Å². The Hall–Kier alpha value is -2.69. The average Bonchev–Trinajstić information content (AvgIpc) is 2.55. The van der Waals surface area contributed by atoms with E-state index < -0.39 is 0 Å². The first-order valence-electron chi connectivity index (χ1n) is 7.47. The SMILES string of the molecule is COc1cccc(OCCNC(=O)Nc2cc(C)ccc2C)c1. The molecule has 0 unspecified atom stereocenters. The maximum absolute atomic E-state index is 11.9. The maximum Gasteiger partial charge on any atom is 0.319 e. The third-order valence-corrected chi connectivity index (χ3v) is 3.34. The summed E-state index contributed by atoms with van der Waals surface area (Å²) in [5.41, 5.74) is 2.95. The van der Waals surface area contributed by atoms with E-state index in [4.69, 9.17) is 9.47 Å². The number of carbonyl (C=O) groups is 1. The van der Waals surface area contributed by atoms with E-state index in [2.05, 4.69) is 10.6 Å². The summed E-state index contributed by atoms with van der Waals surface area (Å²) in [5, 5.41) is 5.61. The third-order valence-electron chi connectivity index (χ3n) is 3.34. The van der Waals surface area contributed by atoms with Crippen LogP contribution in [0.5, 0.6) is 11.5 Å². The standard InChI is InChI=1S/C18H22N2O3/c1-13-7-8-14(2)17(11-13)20-18(21)19-9-10-23-16-6-4-5-15(12-16)22-3/h4-8,11-12H,9-10H2,1-3H3,(H2,19,20,21). The highest BCUT2D eigenvalue weighted by molar-refractivity contribution is 5.90. The first kappa shape index (κ1) is 16.7. The van der Waals surface area contributed by atoms with Gasteiger partial charge in [-0.05, 0) is 43.2 Å². The number of benzene rings is 2. The Labute approximate surface area is 136 Å². The van der Waals surface area contributed by atoms with Crippen molar-refractivity contribution in [2.45, 2.75) is 13.8 Å². The highest BCUT2D eigenvalue weighted by atomic mass is 16.5. The fraction of sp³-hybridized carbons (Fsp3) is 0.278. The number of hydrogen-bond acceptors (Lipinski definition) is 3. The molecule has 0 bridgehead atoms. The average molecular weight is 314 g/mol. The van der Waals surface area contributed by atoms with Crippen molar-refractivity contribution in [2.24, 2.45) is 0 Å². The van der Waals surface area contributed by atoms with E-state index in [-0.39, 0.29) is 6.03 Å². The lowest BCUT2D eigenvalue weighted by atomic mass is 10.1. The summed E-state index contributed by atoms with van der Waals surface area (Å²) >= 11 is 0. The highest BCUT2D eigenvalue weighted by Crippen LogP contribution is 2.18. The van der Waals surface area contributed by atoms with Gasteiger partial charge in [-0.3, -0.25) is 0 Å². The van der Waals surface area contributed by atoms with Gasteiger partial charge in [-0.25, -0.2) is 4.79 Å². The van der Waals surface area contributed by atoms with Gasteiger partial charge < -0.3 is 20.1 Å². The summed E-state index contributed by atoms with van der Waals surface area (Å²) in [5.74, 6) is 1.45. The van der Waals surface area contributed by atoms with Crippen LogP contribution in [0.25, 0.3) is 0 Å². The number of methoxy groups -OCH3 is 1. The van der Waals surface area contributed by atoms with Crippen LogP contribution in [0.3, 0.4) is 0 Å². The molecule has 23 heavy (non-hydrogen) atoms. The normalized spacial score (nSPS) is 10.0. The lowest BCUT2D eigenvalue weighted by Gasteiger charge is -2.11. The van der Waals surface area contributed by atoms with Crippen LogP contribution in [0.1, 0.15) is 11.1 Å². The van der Waals surface area contributed by atoms with Crippen molar-refractivity contribution >= 4 is 11.7 Å². The number of ether oxygens (including phenoxy) is 2. The summed E-state index contributed by atoms with van der Waals surface area (Å²) in [6.07, 6.45) is 0. The topological polar surface area (TPSA) is 59.6 Å². The second kappa shape index (κ2) is 8.08. The minimum absolute atomic E-state index is 0.243.